The highest BCUT2D eigenvalue weighted by atomic mass is 32.2. The van der Waals surface area contributed by atoms with E-state index < -0.39 is 5.54 Å². The Morgan fingerprint density at radius 3 is 2.90 bits per heavy atom. The zero-order valence-electron chi connectivity index (χ0n) is 13.1. The summed E-state index contributed by atoms with van der Waals surface area (Å²) in [5.74, 6) is 0.675. The minimum absolute atomic E-state index is 0.226. The second kappa shape index (κ2) is 6.79. The number of nitrogens with one attached hydrogen (secondary N) is 1. The topological polar surface area (TPSA) is 85.8 Å². The lowest BCUT2D eigenvalue weighted by Gasteiger charge is -2.39. The van der Waals surface area contributed by atoms with Gasteiger partial charge in [-0.2, -0.15) is 0 Å². The van der Waals surface area contributed by atoms with E-state index in [1.807, 2.05) is 18.5 Å². The van der Waals surface area contributed by atoms with Crippen molar-refractivity contribution in [3.8, 4) is 0 Å². The third-order valence-corrected chi connectivity index (χ3v) is 5.52. The molecule has 1 aromatic rings. The third-order valence-electron chi connectivity index (χ3n) is 4.22. The Kier molecular flexibility index (Phi) is 5.27. The van der Waals surface area contributed by atoms with Crippen molar-refractivity contribution in [2.75, 3.05) is 6.54 Å². The van der Waals surface area contributed by atoms with Gasteiger partial charge in [0, 0.05) is 12.3 Å². The summed E-state index contributed by atoms with van der Waals surface area (Å²) in [6, 6.07) is 0. The molecule has 118 valence electrons. The number of rotatable bonds is 6. The molecule has 1 heterocycles. The summed E-state index contributed by atoms with van der Waals surface area (Å²) >= 11 is 1.71. The smallest absolute Gasteiger partial charge is 0.237 e. The molecule has 1 saturated carbocycles. The minimum atomic E-state index is -0.556. The Labute approximate surface area is 130 Å². The number of aryl methyl sites for hydroxylation is 1. The number of amides is 1. The van der Waals surface area contributed by atoms with Gasteiger partial charge < -0.3 is 15.6 Å². The van der Waals surface area contributed by atoms with Crippen LogP contribution in [-0.2, 0) is 11.8 Å². The first-order valence-corrected chi connectivity index (χ1v) is 8.44. The van der Waals surface area contributed by atoms with Crippen molar-refractivity contribution in [2.45, 2.75) is 61.9 Å². The number of carbonyl (C=O) groups is 1. The SMILES string of the molecule is CCCNC1(C(N)=O)CCCC(Sc2nnc(C)n2C)C1. The van der Waals surface area contributed by atoms with Gasteiger partial charge in [-0.15, -0.1) is 10.2 Å². The van der Waals surface area contributed by atoms with Crippen LogP contribution < -0.4 is 11.1 Å². The summed E-state index contributed by atoms with van der Waals surface area (Å²) in [4.78, 5) is 12.0. The lowest BCUT2D eigenvalue weighted by molar-refractivity contribution is -0.125. The second-order valence-corrected chi connectivity index (χ2v) is 7.07. The van der Waals surface area contributed by atoms with Crippen LogP contribution in [0.4, 0.5) is 0 Å². The van der Waals surface area contributed by atoms with Crippen molar-refractivity contribution in [2.24, 2.45) is 12.8 Å². The molecule has 1 aliphatic rings. The number of nitrogens with two attached hydrogens (primary N) is 1. The van der Waals surface area contributed by atoms with Crippen molar-refractivity contribution in [1.82, 2.24) is 20.1 Å². The summed E-state index contributed by atoms with van der Waals surface area (Å²) in [7, 11) is 1.97. The van der Waals surface area contributed by atoms with Crippen LogP contribution in [0.15, 0.2) is 5.16 Å². The molecule has 0 spiro atoms. The number of nitrogens with zero attached hydrogens (tertiary/aromatic N) is 3. The van der Waals surface area contributed by atoms with Gasteiger partial charge in [0.25, 0.3) is 0 Å². The molecule has 7 heteroatoms. The Bertz CT molecular complexity index is 504. The summed E-state index contributed by atoms with van der Waals surface area (Å²) in [6.45, 7) is 4.86. The van der Waals surface area contributed by atoms with Gasteiger partial charge in [-0.05, 0) is 45.6 Å². The number of aromatic nitrogens is 3. The van der Waals surface area contributed by atoms with E-state index in [1.54, 1.807) is 11.8 Å². The lowest BCUT2D eigenvalue weighted by atomic mass is 9.80. The van der Waals surface area contributed by atoms with Gasteiger partial charge in [0.05, 0.1) is 5.54 Å². The molecule has 0 aliphatic heterocycles. The van der Waals surface area contributed by atoms with E-state index in [-0.39, 0.29) is 5.91 Å². The van der Waals surface area contributed by atoms with Crippen LogP contribution >= 0.6 is 11.8 Å². The quantitative estimate of drug-likeness (QED) is 0.829. The average Bonchev–Trinajstić information content (AvgIpc) is 2.77. The van der Waals surface area contributed by atoms with Crippen molar-refractivity contribution in [3.05, 3.63) is 5.82 Å². The Hall–Kier alpha value is -1.08. The van der Waals surface area contributed by atoms with Crippen LogP contribution in [0.3, 0.4) is 0 Å². The van der Waals surface area contributed by atoms with Gasteiger partial charge in [-0.3, -0.25) is 4.79 Å². The molecule has 6 nitrogen and oxygen atoms in total. The Morgan fingerprint density at radius 1 is 1.57 bits per heavy atom. The highest BCUT2D eigenvalue weighted by molar-refractivity contribution is 7.99. The summed E-state index contributed by atoms with van der Waals surface area (Å²) in [5.41, 5.74) is 5.13. The van der Waals surface area contributed by atoms with E-state index in [4.69, 9.17) is 5.73 Å². The van der Waals surface area contributed by atoms with Gasteiger partial charge in [-0.1, -0.05) is 18.7 Å². The Balaban J connectivity index is 2.08. The molecule has 2 rings (SSSR count). The number of carbonyl (C=O) groups excluding carboxylic acids is 1. The number of hydrogen-bond donors (Lipinski definition) is 2. The molecule has 21 heavy (non-hydrogen) atoms. The van der Waals surface area contributed by atoms with E-state index in [2.05, 4.69) is 22.4 Å². The fraction of sp³-hybridized carbons (Fsp3) is 0.786. The first-order chi connectivity index (χ1) is 9.98. The first kappa shape index (κ1) is 16.3. The maximum Gasteiger partial charge on any atom is 0.237 e. The molecule has 0 radical (unpaired) electrons. The van der Waals surface area contributed by atoms with Crippen LogP contribution in [0, 0.1) is 6.92 Å². The van der Waals surface area contributed by atoms with E-state index in [1.165, 1.54) is 0 Å². The highest BCUT2D eigenvalue weighted by Gasteiger charge is 2.41. The van der Waals surface area contributed by atoms with Crippen molar-refractivity contribution < 1.29 is 4.79 Å². The van der Waals surface area contributed by atoms with Crippen LogP contribution in [-0.4, -0.2) is 38.0 Å². The second-order valence-electron chi connectivity index (χ2n) is 5.80. The lowest BCUT2D eigenvalue weighted by Crippen LogP contribution is -2.58. The van der Waals surface area contributed by atoms with Crippen LogP contribution in [0.25, 0.3) is 0 Å². The molecule has 3 N–H and O–H groups in total. The van der Waals surface area contributed by atoms with E-state index in [0.29, 0.717) is 5.25 Å². The molecule has 2 unspecified atom stereocenters. The van der Waals surface area contributed by atoms with Crippen LogP contribution in [0.2, 0.25) is 0 Å². The first-order valence-electron chi connectivity index (χ1n) is 7.56. The van der Waals surface area contributed by atoms with Crippen molar-refractivity contribution in [1.29, 1.82) is 0 Å². The zero-order valence-corrected chi connectivity index (χ0v) is 13.9. The number of primary amides is 1. The average molecular weight is 311 g/mol. The highest BCUT2D eigenvalue weighted by Crippen LogP contribution is 2.37. The normalized spacial score (nSPS) is 26.0. The van der Waals surface area contributed by atoms with Crippen LogP contribution in [0.1, 0.15) is 44.9 Å². The number of thioether (sulfide) groups is 1. The molecular formula is C14H25N5OS. The predicted octanol–water partition coefficient (Wildman–Crippen LogP) is 1.38. The maximum atomic E-state index is 12.0. The molecule has 1 aromatic heterocycles. The summed E-state index contributed by atoms with van der Waals surface area (Å²) in [5, 5.41) is 12.9. The van der Waals surface area contributed by atoms with Crippen molar-refractivity contribution >= 4 is 17.7 Å². The third kappa shape index (κ3) is 3.58. The largest absolute Gasteiger partial charge is 0.368 e. The van der Waals surface area contributed by atoms with Gasteiger partial charge in [0.2, 0.25) is 5.91 Å². The fourth-order valence-electron chi connectivity index (χ4n) is 2.80. The number of hydrogen-bond acceptors (Lipinski definition) is 5. The van der Waals surface area contributed by atoms with Gasteiger partial charge in [-0.25, -0.2) is 0 Å². The summed E-state index contributed by atoms with van der Waals surface area (Å²) in [6.07, 6.45) is 4.68. The van der Waals surface area contributed by atoms with Crippen molar-refractivity contribution in [3.63, 3.8) is 0 Å². The van der Waals surface area contributed by atoms with E-state index >= 15 is 0 Å². The van der Waals surface area contributed by atoms with Gasteiger partial charge in [0.15, 0.2) is 5.16 Å². The molecular weight excluding hydrogens is 286 g/mol. The fourth-order valence-corrected chi connectivity index (χ4v) is 4.13. The molecule has 0 aromatic carbocycles. The van der Waals surface area contributed by atoms with Crippen LogP contribution in [0.5, 0.6) is 0 Å². The van der Waals surface area contributed by atoms with E-state index in [0.717, 1.165) is 49.6 Å². The van der Waals surface area contributed by atoms with Gasteiger partial charge in [0.1, 0.15) is 5.82 Å². The molecule has 1 aliphatic carbocycles. The molecule has 1 amide bonds. The zero-order chi connectivity index (χ0) is 15.5. The minimum Gasteiger partial charge on any atom is -0.368 e. The Morgan fingerprint density at radius 2 is 2.33 bits per heavy atom. The van der Waals surface area contributed by atoms with Gasteiger partial charge >= 0.3 is 0 Å². The predicted molar refractivity (Wildman–Crippen MR) is 84.1 cm³/mol. The molecule has 1 fully saturated rings. The molecule has 2 atom stereocenters. The summed E-state index contributed by atoms with van der Waals surface area (Å²) < 4.78 is 1.99. The standard InChI is InChI=1S/C14H25N5OS/c1-4-8-16-14(12(15)20)7-5-6-11(9-14)21-13-18-17-10(2)19(13)3/h11,16H,4-9H2,1-3H3,(H2,15,20). The monoisotopic (exact) mass is 311 g/mol. The molecule has 0 bridgehead atoms. The molecule has 0 saturated heterocycles. The van der Waals surface area contributed by atoms with E-state index in [9.17, 15) is 4.79 Å². The maximum absolute atomic E-state index is 12.0.